The number of halogens is 1. The van der Waals surface area contributed by atoms with Crippen LogP contribution in [0.25, 0.3) is 0 Å². The molecule has 3 heteroatoms. The number of thioether (sulfide) groups is 1. The molecule has 1 aromatic carbocycles. The van der Waals surface area contributed by atoms with Gasteiger partial charge in [-0.05, 0) is 18.2 Å². The van der Waals surface area contributed by atoms with E-state index in [-0.39, 0.29) is 5.38 Å². The van der Waals surface area contributed by atoms with Crippen LogP contribution in [0.4, 0.5) is 5.69 Å². The third kappa shape index (κ3) is 1.57. The fourth-order valence-corrected chi connectivity index (χ4v) is 3.52. The van der Waals surface area contributed by atoms with E-state index in [2.05, 4.69) is 48.4 Å². The van der Waals surface area contributed by atoms with Crippen LogP contribution in [0.5, 0.6) is 0 Å². The lowest BCUT2D eigenvalue weighted by molar-refractivity contribution is 0.886. The predicted molar refractivity (Wildman–Crippen MR) is 71.1 cm³/mol. The smallest absolute Gasteiger partial charge is 0.0574 e. The van der Waals surface area contributed by atoms with E-state index < -0.39 is 0 Å². The fraction of sp³-hybridized carbons (Fsp3) is 0.231. The number of anilines is 1. The zero-order chi connectivity index (χ0) is 11.1. The molecular formula is C13H12ClNS. The molecule has 0 radical (unpaired) electrons. The van der Waals surface area contributed by atoms with Crippen molar-refractivity contribution in [2.75, 3.05) is 11.9 Å². The van der Waals surface area contributed by atoms with Crippen LogP contribution in [0.1, 0.15) is 6.42 Å². The summed E-state index contributed by atoms with van der Waals surface area (Å²) in [4.78, 5) is 4.92. The van der Waals surface area contributed by atoms with Crippen molar-refractivity contribution in [1.29, 1.82) is 0 Å². The van der Waals surface area contributed by atoms with Crippen molar-refractivity contribution in [3.63, 3.8) is 0 Å². The second kappa shape index (κ2) is 3.86. The molecule has 2 aliphatic rings. The first kappa shape index (κ1) is 10.3. The molecule has 1 unspecified atom stereocenters. The van der Waals surface area contributed by atoms with Gasteiger partial charge in [0.05, 0.1) is 11.1 Å². The van der Waals surface area contributed by atoms with Gasteiger partial charge in [0.15, 0.2) is 0 Å². The van der Waals surface area contributed by atoms with E-state index in [0.717, 1.165) is 6.42 Å². The van der Waals surface area contributed by atoms with Gasteiger partial charge >= 0.3 is 0 Å². The molecule has 0 bridgehead atoms. The number of fused-ring (bicyclic) bond motifs is 1. The first-order chi connectivity index (χ1) is 7.75. The van der Waals surface area contributed by atoms with E-state index in [1.165, 1.54) is 21.2 Å². The van der Waals surface area contributed by atoms with Crippen LogP contribution in [-0.2, 0) is 0 Å². The average Bonchev–Trinajstić information content (AvgIpc) is 2.31. The molecular weight excluding hydrogens is 238 g/mol. The molecule has 0 fully saturated rings. The second-order valence-electron chi connectivity index (χ2n) is 4.02. The molecule has 1 aliphatic heterocycles. The highest BCUT2D eigenvalue weighted by atomic mass is 35.5. The Labute approximate surface area is 105 Å². The number of hydrogen-bond donors (Lipinski definition) is 0. The van der Waals surface area contributed by atoms with Gasteiger partial charge < -0.3 is 4.90 Å². The molecule has 82 valence electrons. The molecule has 1 nitrogen and oxygen atoms in total. The summed E-state index contributed by atoms with van der Waals surface area (Å²) in [5.74, 6) is 0. The summed E-state index contributed by atoms with van der Waals surface area (Å²) < 4.78 is 0. The minimum Gasteiger partial charge on any atom is -0.346 e. The predicted octanol–water partition coefficient (Wildman–Crippen LogP) is 4.01. The number of allylic oxidation sites excluding steroid dienone is 3. The minimum atomic E-state index is 0.132. The van der Waals surface area contributed by atoms with Gasteiger partial charge in [0.2, 0.25) is 0 Å². The van der Waals surface area contributed by atoms with Crippen LogP contribution >= 0.6 is 23.4 Å². The number of hydrogen-bond acceptors (Lipinski definition) is 2. The minimum absolute atomic E-state index is 0.132. The zero-order valence-electron chi connectivity index (χ0n) is 8.98. The Kier molecular flexibility index (Phi) is 2.49. The highest BCUT2D eigenvalue weighted by Crippen LogP contribution is 2.45. The first-order valence-electron chi connectivity index (χ1n) is 5.32. The standard InChI is InChI=1S/C13H12ClNS/c1-15-10-4-2-3-5-12(10)16-13-7-6-9(14)8-11(13)15/h2-7,9H,8H2,1H3. The highest BCUT2D eigenvalue weighted by molar-refractivity contribution is 8.03. The SMILES string of the molecule is CN1C2=C(C=CC(Cl)C2)Sc2ccccc21. The molecule has 0 saturated carbocycles. The van der Waals surface area contributed by atoms with Gasteiger partial charge in [-0.2, -0.15) is 0 Å². The van der Waals surface area contributed by atoms with Crippen LogP contribution in [-0.4, -0.2) is 12.4 Å². The van der Waals surface area contributed by atoms with E-state index >= 15 is 0 Å². The Morgan fingerprint density at radius 3 is 3.06 bits per heavy atom. The monoisotopic (exact) mass is 249 g/mol. The highest BCUT2D eigenvalue weighted by Gasteiger charge is 2.25. The number of rotatable bonds is 0. The molecule has 1 heterocycles. The summed E-state index contributed by atoms with van der Waals surface area (Å²) in [7, 11) is 2.12. The van der Waals surface area contributed by atoms with Gasteiger partial charge in [0.25, 0.3) is 0 Å². The molecule has 0 saturated heterocycles. The van der Waals surface area contributed by atoms with Gasteiger partial charge in [-0.3, -0.25) is 0 Å². The molecule has 0 amide bonds. The van der Waals surface area contributed by atoms with E-state index in [1.807, 2.05) is 11.8 Å². The Hall–Kier alpha value is -0.860. The number of alkyl halides is 1. The van der Waals surface area contributed by atoms with Crippen LogP contribution in [0.15, 0.2) is 51.9 Å². The lowest BCUT2D eigenvalue weighted by Crippen LogP contribution is -2.24. The van der Waals surface area contributed by atoms with Crippen molar-refractivity contribution < 1.29 is 0 Å². The molecule has 3 rings (SSSR count). The van der Waals surface area contributed by atoms with Crippen LogP contribution in [0.2, 0.25) is 0 Å². The van der Waals surface area contributed by atoms with Gasteiger partial charge in [-0.1, -0.05) is 30.0 Å². The maximum absolute atomic E-state index is 6.17. The molecule has 16 heavy (non-hydrogen) atoms. The summed E-state index contributed by atoms with van der Waals surface area (Å²) in [6.07, 6.45) is 5.15. The van der Waals surface area contributed by atoms with Crippen molar-refractivity contribution in [3.05, 3.63) is 47.0 Å². The Bertz CT molecular complexity index is 492. The lowest BCUT2D eigenvalue weighted by Gasteiger charge is -2.33. The maximum atomic E-state index is 6.17. The zero-order valence-corrected chi connectivity index (χ0v) is 10.6. The summed E-state index contributed by atoms with van der Waals surface area (Å²) in [5.41, 5.74) is 2.62. The maximum Gasteiger partial charge on any atom is 0.0574 e. The number of para-hydroxylation sites is 1. The first-order valence-corrected chi connectivity index (χ1v) is 6.57. The van der Waals surface area contributed by atoms with Gasteiger partial charge in [0, 0.05) is 29.0 Å². The van der Waals surface area contributed by atoms with Crippen LogP contribution in [0, 0.1) is 0 Å². The van der Waals surface area contributed by atoms with Crippen molar-refractivity contribution in [3.8, 4) is 0 Å². The Balaban J connectivity index is 2.07. The normalized spacial score (nSPS) is 23.1. The second-order valence-corrected chi connectivity index (χ2v) is 5.66. The van der Waals surface area contributed by atoms with Gasteiger partial charge in [0.1, 0.15) is 0 Å². The van der Waals surface area contributed by atoms with E-state index in [9.17, 15) is 0 Å². The van der Waals surface area contributed by atoms with Crippen LogP contribution in [0.3, 0.4) is 0 Å². The third-order valence-electron chi connectivity index (χ3n) is 2.98. The van der Waals surface area contributed by atoms with Crippen molar-refractivity contribution in [2.45, 2.75) is 16.7 Å². The number of nitrogens with zero attached hydrogens (tertiary/aromatic N) is 1. The molecule has 1 aliphatic carbocycles. The lowest BCUT2D eigenvalue weighted by atomic mass is 10.1. The van der Waals surface area contributed by atoms with Crippen molar-refractivity contribution in [2.24, 2.45) is 0 Å². The quantitative estimate of drug-likeness (QED) is 0.640. The average molecular weight is 250 g/mol. The summed E-state index contributed by atoms with van der Waals surface area (Å²) in [5, 5.41) is 0.132. The summed E-state index contributed by atoms with van der Waals surface area (Å²) >= 11 is 8.01. The van der Waals surface area contributed by atoms with Crippen molar-refractivity contribution >= 4 is 29.1 Å². The molecule has 1 aromatic rings. The Morgan fingerprint density at radius 1 is 1.38 bits per heavy atom. The van der Waals surface area contributed by atoms with E-state index in [1.54, 1.807) is 0 Å². The van der Waals surface area contributed by atoms with E-state index in [4.69, 9.17) is 11.6 Å². The summed E-state index contributed by atoms with van der Waals surface area (Å²) in [6, 6.07) is 8.50. The van der Waals surface area contributed by atoms with E-state index in [0.29, 0.717) is 0 Å². The van der Waals surface area contributed by atoms with Crippen LogP contribution < -0.4 is 4.90 Å². The topological polar surface area (TPSA) is 3.24 Å². The molecule has 1 atom stereocenters. The van der Waals surface area contributed by atoms with Crippen molar-refractivity contribution in [1.82, 2.24) is 0 Å². The molecule has 0 spiro atoms. The number of benzene rings is 1. The van der Waals surface area contributed by atoms with Gasteiger partial charge in [-0.15, -0.1) is 11.6 Å². The third-order valence-corrected chi connectivity index (χ3v) is 4.44. The Morgan fingerprint density at radius 2 is 2.19 bits per heavy atom. The fourth-order valence-electron chi connectivity index (χ4n) is 2.12. The molecule has 0 aromatic heterocycles. The summed E-state index contributed by atoms with van der Waals surface area (Å²) in [6.45, 7) is 0. The van der Waals surface area contributed by atoms with Gasteiger partial charge in [-0.25, -0.2) is 0 Å². The molecule has 0 N–H and O–H groups in total. The largest absolute Gasteiger partial charge is 0.346 e.